The average Bonchev–Trinajstić information content (AvgIpc) is 2.79. The largest absolute Gasteiger partial charge is 0.335 e. The maximum absolute atomic E-state index is 12.7. The molecule has 8 heteroatoms. The molecule has 144 valence electrons. The van der Waals surface area contributed by atoms with Crippen molar-refractivity contribution in [3.63, 3.8) is 0 Å². The first kappa shape index (κ1) is 18.9. The standard InChI is InChI=1S/C19H24N4O4/c1-12-3-4-14(9-13(12)2)10-22-7-8-23(11-17(22)25)18(26)15-5-6-16(24)21-19(27)20-15/h3-4,9,15H,5-8,10-11H2,1-2H3,(H2,20,21,24,27). The lowest BCUT2D eigenvalue weighted by Crippen LogP contribution is -2.57. The van der Waals surface area contributed by atoms with Crippen molar-refractivity contribution in [1.29, 1.82) is 0 Å². The van der Waals surface area contributed by atoms with Gasteiger partial charge in [-0.1, -0.05) is 18.2 Å². The Morgan fingerprint density at radius 2 is 1.93 bits per heavy atom. The van der Waals surface area contributed by atoms with Gasteiger partial charge in [0.2, 0.25) is 17.7 Å². The van der Waals surface area contributed by atoms with Crippen LogP contribution in [0.1, 0.15) is 29.5 Å². The molecule has 2 N–H and O–H groups in total. The first-order valence-electron chi connectivity index (χ1n) is 9.06. The van der Waals surface area contributed by atoms with Crippen LogP contribution in [0.3, 0.4) is 0 Å². The predicted octanol–water partition coefficient (Wildman–Crippen LogP) is 0.462. The van der Waals surface area contributed by atoms with E-state index in [4.69, 9.17) is 0 Å². The first-order chi connectivity index (χ1) is 12.8. The summed E-state index contributed by atoms with van der Waals surface area (Å²) < 4.78 is 0. The van der Waals surface area contributed by atoms with Crippen molar-refractivity contribution in [2.75, 3.05) is 19.6 Å². The van der Waals surface area contributed by atoms with Gasteiger partial charge in [0.1, 0.15) is 6.04 Å². The second-order valence-corrected chi connectivity index (χ2v) is 7.11. The normalized spacial score (nSPS) is 20.8. The van der Waals surface area contributed by atoms with Crippen molar-refractivity contribution in [3.05, 3.63) is 34.9 Å². The highest BCUT2D eigenvalue weighted by atomic mass is 16.2. The molecule has 0 radical (unpaired) electrons. The first-order valence-corrected chi connectivity index (χ1v) is 9.06. The molecule has 3 rings (SSSR count). The van der Waals surface area contributed by atoms with Crippen LogP contribution < -0.4 is 10.6 Å². The van der Waals surface area contributed by atoms with Gasteiger partial charge in [-0.05, 0) is 37.0 Å². The van der Waals surface area contributed by atoms with E-state index in [-0.39, 0.29) is 31.2 Å². The molecular formula is C19H24N4O4. The second-order valence-electron chi connectivity index (χ2n) is 7.11. The van der Waals surface area contributed by atoms with E-state index in [1.165, 1.54) is 16.0 Å². The number of amides is 5. The Morgan fingerprint density at radius 3 is 2.63 bits per heavy atom. The van der Waals surface area contributed by atoms with E-state index < -0.39 is 18.0 Å². The van der Waals surface area contributed by atoms with Crippen LogP contribution in [-0.2, 0) is 20.9 Å². The number of rotatable bonds is 3. The van der Waals surface area contributed by atoms with E-state index in [1.807, 2.05) is 26.0 Å². The molecule has 2 fully saturated rings. The van der Waals surface area contributed by atoms with E-state index in [0.717, 1.165) is 5.56 Å². The molecule has 0 bridgehead atoms. The lowest BCUT2D eigenvalue weighted by Gasteiger charge is -2.36. The molecule has 8 nitrogen and oxygen atoms in total. The predicted molar refractivity (Wildman–Crippen MR) is 97.6 cm³/mol. The van der Waals surface area contributed by atoms with Crippen molar-refractivity contribution in [1.82, 2.24) is 20.4 Å². The SMILES string of the molecule is Cc1ccc(CN2CCN(C(=O)C3CCC(=O)NC(=O)N3)CC2=O)cc1C. The summed E-state index contributed by atoms with van der Waals surface area (Å²) in [4.78, 5) is 51.3. The zero-order chi connectivity index (χ0) is 19.6. The summed E-state index contributed by atoms with van der Waals surface area (Å²) in [6.07, 6.45) is 0.323. The minimum absolute atomic E-state index is 0.0164. The third-order valence-electron chi connectivity index (χ3n) is 5.09. The third-order valence-corrected chi connectivity index (χ3v) is 5.09. The molecule has 1 aromatic carbocycles. The van der Waals surface area contributed by atoms with E-state index in [1.54, 1.807) is 4.90 Å². The van der Waals surface area contributed by atoms with E-state index >= 15 is 0 Å². The Kier molecular flexibility index (Phi) is 5.43. The van der Waals surface area contributed by atoms with E-state index in [0.29, 0.717) is 19.6 Å². The maximum Gasteiger partial charge on any atom is 0.322 e. The Morgan fingerprint density at radius 1 is 1.15 bits per heavy atom. The van der Waals surface area contributed by atoms with Gasteiger partial charge in [-0.15, -0.1) is 0 Å². The quantitative estimate of drug-likeness (QED) is 0.805. The Balaban J connectivity index is 1.59. The monoisotopic (exact) mass is 372 g/mol. The molecule has 27 heavy (non-hydrogen) atoms. The summed E-state index contributed by atoms with van der Waals surface area (Å²) in [5.41, 5.74) is 3.45. The van der Waals surface area contributed by atoms with Crippen LogP contribution >= 0.6 is 0 Å². The van der Waals surface area contributed by atoms with Gasteiger partial charge in [0.15, 0.2) is 0 Å². The fourth-order valence-corrected chi connectivity index (χ4v) is 3.32. The van der Waals surface area contributed by atoms with Gasteiger partial charge < -0.3 is 15.1 Å². The van der Waals surface area contributed by atoms with Gasteiger partial charge in [0, 0.05) is 26.1 Å². The van der Waals surface area contributed by atoms with Crippen molar-refractivity contribution < 1.29 is 19.2 Å². The summed E-state index contributed by atoms with van der Waals surface area (Å²) in [5, 5.41) is 4.64. The molecule has 2 aliphatic rings. The number of aryl methyl sites for hydroxylation is 2. The minimum atomic E-state index is -0.782. The van der Waals surface area contributed by atoms with Crippen molar-refractivity contribution in [2.24, 2.45) is 0 Å². The number of carbonyl (C=O) groups is 4. The Bertz CT molecular complexity index is 792. The van der Waals surface area contributed by atoms with Crippen LogP contribution in [-0.4, -0.2) is 59.2 Å². The summed E-state index contributed by atoms with van der Waals surface area (Å²) in [6.45, 7) is 5.43. The van der Waals surface area contributed by atoms with Gasteiger partial charge >= 0.3 is 6.03 Å². The third kappa shape index (κ3) is 4.45. The fraction of sp³-hybridized carbons (Fsp3) is 0.474. The molecule has 1 unspecified atom stereocenters. The molecule has 2 heterocycles. The molecule has 2 aliphatic heterocycles. The fourth-order valence-electron chi connectivity index (χ4n) is 3.32. The summed E-state index contributed by atoms with van der Waals surface area (Å²) in [5.74, 6) is -0.849. The number of urea groups is 1. The lowest BCUT2D eigenvalue weighted by molar-refractivity contribution is -0.146. The number of nitrogens with one attached hydrogen (secondary N) is 2. The van der Waals surface area contributed by atoms with Crippen molar-refractivity contribution in [2.45, 2.75) is 39.3 Å². The highest BCUT2D eigenvalue weighted by molar-refractivity contribution is 5.99. The van der Waals surface area contributed by atoms with Gasteiger partial charge in [0.25, 0.3) is 0 Å². The van der Waals surface area contributed by atoms with E-state index in [9.17, 15) is 19.2 Å². The van der Waals surface area contributed by atoms with Crippen LogP contribution in [0.2, 0.25) is 0 Å². The van der Waals surface area contributed by atoms with Crippen LogP contribution in [0, 0.1) is 13.8 Å². The van der Waals surface area contributed by atoms with Crippen LogP contribution in [0.4, 0.5) is 4.79 Å². The summed E-state index contributed by atoms with van der Waals surface area (Å²) >= 11 is 0. The maximum atomic E-state index is 12.7. The number of nitrogens with zero attached hydrogens (tertiary/aromatic N) is 2. The summed E-state index contributed by atoms with van der Waals surface area (Å²) in [6, 6.07) is 4.67. The number of carbonyl (C=O) groups excluding carboxylic acids is 4. The number of hydrogen-bond donors (Lipinski definition) is 2. The molecule has 0 spiro atoms. The van der Waals surface area contributed by atoms with Crippen LogP contribution in [0.5, 0.6) is 0 Å². The Hall–Kier alpha value is -2.90. The van der Waals surface area contributed by atoms with E-state index in [2.05, 4.69) is 16.7 Å². The lowest BCUT2D eigenvalue weighted by atomic mass is 10.1. The number of imide groups is 1. The highest BCUT2D eigenvalue weighted by Gasteiger charge is 2.33. The average molecular weight is 372 g/mol. The molecule has 1 atom stereocenters. The molecular weight excluding hydrogens is 348 g/mol. The van der Waals surface area contributed by atoms with Gasteiger partial charge in [0.05, 0.1) is 6.54 Å². The number of benzene rings is 1. The van der Waals surface area contributed by atoms with Gasteiger partial charge in [-0.2, -0.15) is 0 Å². The minimum Gasteiger partial charge on any atom is -0.335 e. The Labute approximate surface area is 157 Å². The molecule has 0 saturated carbocycles. The molecule has 2 saturated heterocycles. The van der Waals surface area contributed by atoms with Crippen molar-refractivity contribution in [3.8, 4) is 0 Å². The molecule has 5 amide bonds. The highest BCUT2D eigenvalue weighted by Crippen LogP contribution is 2.15. The number of piperazine rings is 1. The van der Waals surface area contributed by atoms with Gasteiger partial charge in [-0.25, -0.2) is 4.79 Å². The zero-order valence-electron chi connectivity index (χ0n) is 15.6. The van der Waals surface area contributed by atoms with Crippen LogP contribution in [0.25, 0.3) is 0 Å². The summed E-state index contributed by atoms with van der Waals surface area (Å²) in [7, 11) is 0. The van der Waals surface area contributed by atoms with Gasteiger partial charge in [-0.3, -0.25) is 19.7 Å². The second kappa shape index (κ2) is 7.77. The zero-order valence-corrected chi connectivity index (χ0v) is 15.6. The topological polar surface area (TPSA) is 98.8 Å². The van der Waals surface area contributed by atoms with Crippen molar-refractivity contribution >= 4 is 23.8 Å². The smallest absolute Gasteiger partial charge is 0.322 e. The molecule has 0 aliphatic carbocycles. The molecule has 0 aromatic heterocycles. The number of hydrogen-bond acceptors (Lipinski definition) is 4. The van der Waals surface area contributed by atoms with Crippen LogP contribution in [0.15, 0.2) is 18.2 Å². The molecule has 1 aromatic rings.